The van der Waals surface area contributed by atoms with E-state index < -0.39 is 0 Å². The predicted molar refractivity (Wildman–Crippen MR) is 97.2 cm³/mol. The molecule has 2 fully saturated rings. The van der Waals surface area contributed by atoms with E-state index in [9.17, 15) is 4.79 Å². The molecule has 1 N–H and O–H groups in total. The van der Waals surface area contributed by atoms with Crippen LogP contribution in [0.25, 0.3) is 0 Å². The fourth-order valence-electron chi connectivity index (χ4n) is 4.00. The molecule has 2 aliphatic rings. The van der Waals surface area contributed by atoms with E-state index in [0.29, 0.717) is 18.0 Å². The van der Waals surface area contributed by atoms with Crippen molar-refractivity contribution in [2.45, 2.75) is 44.8 Å². The summed E-state index contributed by atoms with van der Waals surface area (Å²) in [6.45, 7) is 7.07. The van der Waals surface area contributed by atoms with Crippen LogP contribution < -0.4 is 5.32 Å². The number of rotatable bonds is 4. The van der Waals surface area contributed by atoms with Crippen LogP contribution in [0.4, 0.5) is 4.79 Å². The van der Waals surface area contributed by atoms with E-state index in [-0.39, 0.29) is 6.09 Å². The van der Waals surface area contributed by atoms with Crippen molar-refractivity contribution < 1.29 is 9.53 Å². The first-order valence-corrected chi connectivity index (χ1v) is 9.37. The second-order valence-corrected chi connectivity index (χ2v) is 7.33. The van der Waals surface area contributed by atoms with Crippen molar-refractivity contribution in [3.05, 3.63) is 30.1 Å². The summed E-state index contributed by atoms with van der Waals surface area (Å²) in [5.74, 6) is 0.621. The van der Waals surface area contributed by atoms with Crippen LogP contribution in [0.3, 0.4) is 0 Å². The lowest BCUT2D eigenvalue weighted by Crippen LogP contribution is -2.53. The molecular weight excluding hydrogens is 316 g/mol. The average Bonchev–Trinajstić information content (AvgIpc) is 2.65. The lowest BCUT2D eigenvalue weighted by atomic mass is 9.91. The SMILES string of the molecule is COC(=O)N1CCC(NC2CCN(Cc3ccccn3)CC2C)CC1. The third-order valence-electron chi connectivity index (χ3n) is 5.48. The van der Waals surface area contributed by atoms with E-state index in [2.05, 4.69) is 34.3 Å². The molecule has 1 aromatic heterocycles. The van der Waals surface area contributed by atoms with Gasteiger partial charge in [-0.05, 0) is 37.3 Å². The van der Waals surface area contributed by atoms with Gasteiger partial charge in [-0.3, -0.25) is 9.88 Å². The molecule has 1 aromatic rings. The molecule has 2 aliphatic heterocycles. The van der Waals surface area contributed by atoms with Crippen molar-refractivity contribution in [3.8, 4) is 0 Å². The van der Waals surface area contributed by atoms with Gasteiger partial charge in [-0.25, -0.2) is 4.79 Å². The smallest absolute Gasteiger partial charge is 0.409 e. The zero-order valence-corrected chi connectivity index (χ0v) is 15.4. The van der Waals surface area contributed by atoms with E-state index in [4.69, 9.17) is 4.74 Å². The van der Waals surface area contributed by atoms with Crippen molar-refractivity contribution in [1.29, 1.82) is 0 Å². The molecule has 138 valence electrons. The van der Waals surface area contributed by atoms with Crippen molar-refractivity contribution >= 4 is 6.09 Å². The normalized spacial score (nSPS) is 25.8. The monoisotopic (exact) mass is 346 g/mol. The van der Waals surface area contributed by atoms with Gasteiger partial charge in [0.25, 0.3) is 0 Å². The molecule has 25 heavy (non-hydrogen) atoms. The molecule has 0 bridgehead atoms. The first kappa shape index (κ1) is 18.1. The number of carbonyl (C=O) groups excluding carboxylic acids is 1. The van der Waals surface area contributed by atoms with Crippen molar-refractivity contribution in [3.63, 3.8) is 0 Å². The fraction of sp³-hybridized carbons (Fsp3) is 0.684. The molecule has 2 atom stereocenters. The molecule has 6 heteroatoms. The molecule has 3 rings (SSSR count). The molecule has 6 nitrogen and oxygen atoms in total. The highest BCUT2D eigenvalue weighted by Crippen LogP contribution is 2.21. The number of pyridine rings is 1. The van der Waals surface area contributed by atoms with Gasteiger partial charge in [0.15, 0.2) is 0 Å². The molecule has 3 heterocycles. The van der Waals surface area contributed by atoms with Crippen molar-refractivity contribution in [2.75, 3.05) is 33.3 Å². The lowest BCUT2D eigenvalue weighted by Gasteiger charge is -2.40. The van der Waals surface area contributed by atoms with Gasteiger partial charge in [-0.2, -0.15) is 0 Å². The summed E-state index contributed by atoms with van der Waals surface area (Å²) in [4.78, 5) is 20.3. The number of hydrogen-bond donors (Lipinski definition) is 1. The van der Waals surface area contributed by atoms with E-state index in [1.807, 2.05) is 12.3 Å². The Morgan fingerprint density at radius 1 is 1.28 bits per heavy atom. The molecule has 2 saturated heterocycles. The van der Waals surface area contributed by atoms with Crippen LogP contribution in [0.15, 0.2) is 24.4 Å². The number of nitrogens with zero attached hydrogens (tertiary/aromatic N) is 3. The number of likely N-dealkylation sites (tertiary alicyclic amines) is 2. The van der Waals surface area contributed by atoms with Gasteiger partial charge in [0.2, 0.25) is 0 Å². The Labute approximate surface area is 150 Å². The highest BCUT2D eigenvalue weighted by Gasteiger charge is 2.30. The van der Waals surface area contributed by atoms with Crippen LogP contribution >= 0.6 is 0 Å². The summed E-state index contributed by atoms with van der Waals surface area (Å²) in [7, 11) is 1.45. The topological polar surface area (TPSA) is 57.7 Å². The highest BCUT2D eigenvalue weighted by molar-refractivity contribution is 5.67. The van der Waals surface area contributed by atoms with E-state index >= 15 is 0 Å². The summed E-state index contributed by atoms with van der Waals surface area (Å²) in [5.41, 5.74) is 1.15. The lowest BCUT2D eigenvalue weighted by molar-refractivity contribution is 0.0986. The van der Waals surface area contributed by atoms with Gasteiger partial charge in [0.1, 0.15) is 0 Å². The van der Waals surface area contributed by atoms with Crippen LogP contribution in [0.1, 0.15) is 31.9 Å². The highest BCUT2D eigenvalue weighted by atomic mass is 16.5. The first-order chi connectivity index (χ1) is 12.2. The molecule has 2 unspecified atom stereocenters. The molecule has 0 aliphatic carbocycles. The molecular formula is C19H30N4O2. The minimum Gasteiger partial charge on any atom is -0.453 e. The average molecular weight is 346 g/mol. The Bertz CT molecular complexity index is 546. The maximum atomic E-state index is 11.6. The zero-order valence-electron chi connectivity index (χ0n) is 15.4. The Hall–Kier alpha value is -1.66. The number of aromatic nitrogens is 1. The second kappa shape index (κ2) is 8.63. The Kier molecular flexibility index (Phi) is 6.26. The maximum Gasteiger partial charge on any atom is 0.409 e. The molecule has 0 saturated carbocycles. The summed E-state index contributed by atoms with van der Waals surface area (Å²) in [6, 6.07) is 7.20. The van der Waals surface area contributed by atoms with Crippen LogP contribution in [0, 0.1) is 5.92 Å². The number of carbonyl (C=O) groups is 1. The van der Waals surface area contributed by atoms with Gasteiger partial charge < -0.3 is 15.0 Å². The van der Waals surface area contributed by atoms with Gasteiger partial charge in [-0.1, -0.05) is 13.0 Å². The van der Waals surface area contributed by atoms with Gasteiger partial charge in [-0.15, -0.1) is 0 Å². The Morgan fingerprint density at radius 2 is 2.08 bits per heavy atom. The molecule has 0 spiro atoms. The predicted octanol–water partition coefficient (Wildman–Crippen LogP) is 2.11. The van der Waals surface area contributed by atoms with Gasteiger partial charge >= 0.3 is 6.09 Å². The third-order valence-corrected chi connectivity index (χ3v) is 5.48. The van der Waals surface area contributed by atoms with Crippen LogP contribution in [-0.4, -0.2) is 66.2 Å². The third kappa shape index (κ3) is 4.92. The minimum absolute atomic E-state index is 0.199. The Balaban J connectivity index is 1.42. The van der Waals surface area contributed by atoms with E-state index in [0.717, 1.165) is 51.3 Å². The minimum atomic E-state index is -0.199. The second-order valence-electron chi connectivity index (χ2n) is 7.33. The maximum absolute atomic E-state index is 11.6. The molecule has 0 radical (unpaired) electrons. The quantitative estimate of drug-likeness (QED) is 0.905. The van der Waals surface area contributed by atoms with Crippen molar-refractivity contribution in [1.82, 2.24) is 20.1 Å². The van der Waals surface area contributed by atoms with Crippen molar-refractivity contribution in [2.24, 2.45) is 5.92 Å². The van der Waals surface area contributed by atoms with Crippen LogP contribution in [-0.2, 0) is 11.3 Å². The molecule has 1 amide bonds. The largest absolute Gasteiger partial charge is 0.453 e. The standard InChI is InChI=1S/C19H30N4O2/c1-15-13-22(14-17-5-3-4-9-20-17)10-8-18(15)21-16-6-11-23(12-7-16)19(24)25-2/h3-5,9,15-16,18,21H,6-8,10-14H2,1-2H3. The van der Waals surface area contributed by atoms with E-state index in [1.54, 1.807) is 4.90 Å². The van der Waals surface area contributed by atoms with Gasteiger partial charge in [0, 0.05) is 51.0 Å². The van der Waals surface area contributed by atoms with E-state index in [1.165, 1.54) is 13.5 Å². The van der Waals surface area contributed by atoms with Gasteiger partial charge in [0.05, 0.1) is 12.8 Å². The number of hydrogen-bond acceptors (Lipinski definition) is 5. The number of methoxy groups -OCH3 is 1. The first-order valence-electron chi connectivity index (χ1n) is 9.37. The summed E-state index contributed by atoms with van der Waals surface area (Å²) >= 11 is 0. The molecule has 0 aromatic carbocycles. The zero-order chi connectivity index (χ0) is 17.6. The number of amides is 1. The number of ether oxygens (including phenoxy) is 1. The van der Waals surface area contributed by atoms with Crippen LogP contribution in [0.2, 0.25) is 0 Å². The summed E-state index contributed by atoms with van der Waals surface area (Å²) < 4.78 is 4.81. The fourth-order valence-corrected chi connectivity index (χ4v) is 4.00. The summed E-state index contributed by atoms with van der Waals surface area (Å²) in [5, 5.41) is 3.85. The summed E-state index contributed by atoms with van der Waals surface area (Å²) in [6.07, 6.45) is 4.86. The number of piperidine rings is 2. The Morgan fingerprint density at radius 3 is 2.72 bits per heavy atom. The van der Waals surface area contributed by atoms with Crippen LogP contribution in [0.5, 0.6) is 0 Å². The number of nitrogens with one attached hydrogen (secondary N) is 1.